The molecule has 36 heavy (non-hydrogen) atoms. The van der Waals surface area contributed by atoms with E-state index in [4.69, 9.17) is 13.7 Å². The van der Waals surface area contributed by atoms with Gasteiger partial charge in [0.1, 0.15) is 5.60 Å². The van der Waals surface area contributed by atoms with Gasteiger partial charge in [0.15, 0.2) is 12.4 Å². The van der Waals surface area contributed by atoms with Crippen LogP contribution < -0.4 is 0 Å². The molecule has 0 aromatic carbocycles. The summed E-state index contributed by atoms with van der Waals surface area (Å²) in [5.74, 6) is -1.46. The van der Waals surface area contributed by atoms with E-state index < -0.39 is 57.1 Å². The molecule has 0 radical (unpaired) electrons. The minimum absolute atomic E-state index is 0.0351. The highest BCUT2D eigenvalue weighted by molar-refractivity contribution is 7.86. The highest BCUT2D eigenvalue weighted by Gasteiger charge is 2.72. The normalized spacial score (nSPS) is 41.6. The van der Waals surface area contributed by atoms with Crippen LogP contribution in [-0.4, -0.2) is 62.4 Å². The van der Waals surface area contributed by atoms with Crippen molar-refractivity contribution >= 4 is 27.8 Å². The molecule has 0 aliphatic heterocycles. The second-order valence-electron chi connectivity index (χ2n) is 11.2. The van der Waals surface area contributed by atoms with Crippen molar-refractivity contribution in [1.29, 1.82) is 0 Å². The smallest absolute Gasteiger partial charge is 0.435 e. The van der Waals surface area contributed by atoms with Crippen LogP contribution in [0.5, 0.6) is 0 Å². The molecule has 9 nitrogen and oxygen atoms in total. The van der Waals surface area contributed by atoms with Crippen LogP contribution in [0.2, 0.25) is 0 Å². The van der Waals surface area contributed by atoms with Crippen molar-refractivity contribution in [3.8, 4) is 0 Å². The zero-order valence-electron chi connectivity index (χ0n) is 21.5. The second-order valence-corrected chi connectivity index (χ2v) is 12.8. The van der Waals surface area contributed by atoms with E-state index in [9.17, 15) is 27.9 Å². The maximum absolute atomic E-state index is 13.5. The van der Waals surface area contributed by atoms with E-state index in [2.05, 4.69) is 6.92 Å². The number of rotatable bonds is 6. The summed E-state index contributed by atoms with van der Waals surface area (Å²) in [5, 5.41) is 12.1. The lowest BCUT2D eigenvalue weighted by atomic mass is 9.46. The van der Waals surface area contributed by atoms with Gasteiger partial charge in [-0.05, 0) is 68.4 Å². The van der Waals surface area contributed by atoms with Crippen LogP contribution in [0, 0.1) is 34.5 Å². The number of carbonyl (C=O) groups excluding carboxylic acids is 3. The predicted octanol–water partition coefficient (Wildman–Crippen LogP) is 2.97. The van der Waals surface area contributed by atoms with Crippen LogP contribution in [-0.2, 0) is 33.4 Å². The Labute approximate surface area is 212 Å². The first-order valence-electron chi connectivity index (χ1n) is 12.6. The largest absolute Gasteiger partial charge is 0.508 e. The lowest BCUT2D eigenvalue weighted by molar-refractivity contribution is -0.192. The Balaban J connectivity index is 1.76. The van der Waals surface area contributed by atoms with Crippen molar-refractivity contribution in [2.45, 2.75) is 65.1 Å². The van der Waals surface area contributed by atoms with Gasteiger partial charge in [0, 0.05) is 10.8 Å². The molecule has 3 saturated carbocycles. The summed E-state index contributed by atoms with van der Waals surface area (Å²) < 4.78 is 40.2. The van der Waals surface area contributed by atoms with Crippen LogP contribution in [0.4, 0.5) is 4.79 Å². The number of ether oxygens (including phenoxy) is 2. The number of hydrogen-bond acceptors (Lipinski definition) is 9. The average molecular weight is 525 g/mol. The fourth-order valence-corrected chi connectivity index (χ4v) is 8.52. The number of carbonyl (C=O) groups is 3. The molecule has 0 heterocycles. The molecule has 4 rings (SSSR count). The Bertz CT molecular complexity index is 1120. The fourth-order valence-electron chi connectivity index (χ4n) is 7.82. The number of allylic oxidation sites excluding steroid dienone is 4. The highest BCUT2D eigenvalue weighted by atomic mass is 32.2. The summed E-state index contributed by atoms with van der Waals surface area (Å²) in [6, 6.07) is 0. The quantitative estimate of drug-likeness (QED) is 0.411. The monoisotopic (exact) mass is 524 g/mol. The number of fused-ring (bicyclic) bond motifs is 5. The Morgan fingerprint density at radius 2 is 1.86 bits per heavy atom. The molecular weight excluding hydrogens is 488 g/mol. The molecule has 0 amide bonds. The third kappa shape index (κ3) is 4.05. The summed E-state index contributed by atoms with van der Waals surface area (Å²) in [6.45, 7) is 6.58. The standard InChI is InChI=1S/C26H36O9S/c1-6-33-23(29)34-14-21(28)26(30)15(2)11-20-18-8-7-16-12-17(27)9-10-24(16,3)19(18)13-22(25(20,26)4)35-36(5,31)32/h9-10,12,15,18-20,22,30H,6-8,11,13-14H2,1-5H3/t15-,18+,19-,20-,22+,24-,25+,26-/m0/s1. The van der Waals surface area contributed by atoms with Gasteiger partial charge in [0.05, 0.1) is 19.0 Å². The lowest BCUT2D eigenvalue weighted by Gasteiger charge is -2.60. The van der Waals surface area contributed by atoms with Crippen molar-refractivity contribution in [3.63, 3.8) is 0 Å². The Kier molecular flexibility index (Phi) is 6.80. The minimum atomic E-state index is -3.94. The van der Waals surface area contributed by atoms with Gasteiger partial charge in [-0.3, -0.25) is 13.8 Å². The van der Waals surface area contributed by atoms with Gasteiger partial charge in [-0.1, -0.05) is 32.4 Å². The molecule has 10 heteroatoms. The molecule has 4 aliphatic rings. The summed E-state index contributed by atoms with van der Waals surface area (Å²) >= 11 is 0. The average Bonchev–Trinajstić information content (AvgIpc) is 3.00. The molecule has 0 spiro atoms. The first kappa shape index (κ1) is 27.0. The van der Waals surface area contributed by atoms with Crippen LogP contribution in [0.25, 0.3) is 0 Å². The van der Waals surface area contributed by atoms with E-state index in [0.29, 0.717) is 12.8 Å². The zero-order valence-corrected chi connectivity index (χ0v) is 22.3. The van der Waals surface area contributed by atoms with E-state index in [1.807, 2.05) is 6.08 Å². The number of Topliss-reactive ketones (excluding diaryl/α,β-unsaturated/α-hetero) is 1. The van der Waals surface area contributed by atoms with E-state index in [1.165, 1.54) is 0 Å². The first-order valence-corrected chi connectivity index (χ1v) is 14.4. The number of hydrogen-bond donors (Lipinski definition) is 1. The maximum Gasteiger partial charge on any atom is 0.508 e. The number of ketones is 2. The van der Waals surface area contributed by atoms with Crippen LogP contribution in [0.1, 0.15) is 53.4 Å². The molecule has 1 N–H and O–H groups in total. The van der Waals surface area contributed by atoms with Gasteiger partial charge < -0.3 is 14.6 Å². The second kappa shape index (κ2) is 9.06. The Morgan fingerprint density at radius 3 is 2.50 bits per heavy atom. The predicted molar refractivity (Wildman–Crippen MR) is 129 cm³/mol. The fraction of sp³-hybridized carbons (Fsp3) is 0.731. The van der Waals surface area contributed by atoms with Crippen LogP contribution >= 0.6 is 0 Å². The molecule has 8 atom stereocenters. The van der Waals surface area contributed by atoms with Crippen molar-refractivity contribution in [2.24, 2.45) is 34.5 Å². The molecule has 0 bridgehead atoms. The van der Waals surface area contributed by atoms with E-state index in [0.717, 1.165) is 18.2 Å². The zero-order chi connectivity index (χ0) is 26.7. The highest BCUT2D eigenvalue weighted by Crippen LogP contribution is 2.69. The van der Waals surface area contributed by atoms with Crippen molar-refractivity contribution < 1.29 is 41.6 Å². The van der Waals surface area contributed by atoms with Gasteiger partial charge in [-0.15, -0.1) is 0 Å². The van der Waals surface area contributed by atoms with Gasteiger partial charge in [-0.25, -0.2) is 4.79 Å². The molecule has 0 aromatic rings. The van der Waals surface area contributed by atoms with E-state index in [1.54, 1.807) is 32.9 Å². The lowest BCUT2D eigenvalue weighted by Crippen LogP contribution is -2.65. The maximum atomic E-state index is 13.5. The molecule has 200 valence electrons. The summed E-state index contributed by atoms with van der Waals surface area (Å²) in [5.41, 5.74) is -2.63. The van der Waals surface area contributed by atoms with Crippen molar-refractivity contribution in [2.75, 3.05) is 19.5 Å². The third-order valence-electron chi connectivity index (χ3n) is 9.50. The van der Waals surface area contributed by atoms with Crippen LogP contribution in [0.15, 0.2) is 23.8 Å². The van der Waals surface area contributed by atoms with Crippen molar-refractivity contribution in [3.05, 3.63) is 23.8 Å². The molecule has 0 unspecified atom stereocenters. The Hall–Kier alpha value is -2.04. The Morgan fingerprint density at radius 1 is 1.17 bits per heavy atom. The molecule has 3 fully saturated rings. The number of aliphatic hydroxyl groups is 1. The SMILES string of the molecule is CCOC(=O)OCC(=O)[C@@]1(O)[C@@H](C)C[C@H]2[C@@H]3CCC4=CC(=O)C=C[C@]4(C)[C@H]3C[C@@H](OS(C)(=O)=O)[C@@]21C. The van der Waals surface area contributed by atoms with Crippen LogP contribution in [0.3, 0.4) is 0 Å². The van der Waals surface area contributed by atoms with Gasteiger partial charge in [-0.2, -0.15) is 8.42 Å². The minimum Gasteiger partial charge on any atom is -0.435 e. The van der Waals surface area contributed by atoms with Gasteiger partial charge in [0.25, 0.3) is 10.1 Å². The summed E-state index contributed by atoms with van der Waals surface area (Å²) in [6.07, 6.45) is 6.39. The summed E-state index contributed by atoms with van der Waals surface area (Å²) in [4.78, 5) is 37.3. The molecule has 0 saturated heterocycles. The van der Waals surface area contributed by atoms with E-state index >= 15 is 0 Å². The first-order chi connectivity index (χ1) is 16.7. The van der Waals surface area contributed by atoms with E-state index in [-0.39, 0.29) is 36.6 Å². The molecule has 0 aromatic heterocycles. The van der Waals surface area contributed by atoms with Crippen molar-refractivity contribution in [1.82, 2.24) is 0 Å². The van der Waals surface area contributed by atoms with Gasteiger partial charge >= 0.3 is 6.16 Å². The topological polar surface area (TPSA) is 133 Å². The molecular formula is C26H36O9S. The molecule has 4 aliphatic carbocycles. The third-order valence-corrected chi connectivity index (χ3v) is 10.1. The van der Waals surface area contributed by atoms with Gasteiger partial charge in [0.2, 0.25) is 5.78 Å². The summed E-state index contributed by atoms with van der Waals surface area (Å²) in [7, 11) is -3.94.